The van der Waals surface area contributed by atoms with Crippen LogP contribution >= 0.6 is 11.3 Å². The normalized spacial score (nSPS) is 12.4. The van der Waals surface area contributed by atoms with E-state index in [1.54, 1.807) is 54.5 Å². The average molecular weight is 559 g/mol. The molecule has 3 N–H and O–H groups in total. The molecule has 1 aromatic heterocycles. The number of hydrogen-bond acceptors (Lipinski definition) is 7. The lowest BCUT2D eigenvalue weighted by Crippen LogP contribution is -2.37. The molecule has 2 aromatic carbocycles. The fourth-order valence-corrected chi connectivity index (χ4v) is 4.57. The molecule has 0 aliphatic rings. The van der Waals surface area contributed by atoms with Crippen LogP contribution in [0, 0.1) is 11.3 Å². The van der Waals surface area contributed by atoms with Crippen molar-refractivity contribution in [3.8, 4) is 6.07 Å². The van der Waals surface area contributed by atoms with Crippen molar-refractivity contribution >= 4 is 52.0 Å². The van der Waals surface area contributed by atoms with Gasteiger partial charge in [-0.15, -0.1) is 11.3 Å². The lowest BCUT2D eigenvalue weighted by atomic mass is 10.2. The van der Waals surface area contributed by atoms with Gasteiger partial charge in [0, 0.05) is 36.9 Å². The third-order valence-corrected chi connectivity index (χ3v) is 6.45. The second-order valence-electron chi connectivity index (χ2n) is 8.21. The first kappa shape index (κ1) is 29.0. The molecule has 9 nitrogen and oxygen atoms in total. The van der Waals surface area contributed by atoms with Crippen LogP contribution in [-0.2, 0) is 16.1 Å². The Bertz CT molecular complexity index is 1560. The van der Waals surface area contributed by atoms with Gasteiger partial charge in [0.25, 0.3) is 11.5 Å². The standard InChI is InChI=1S/C26H25F3N6O3S/c1-3-35-24(38)21(39-25(35)20(13-30)23(37)32-16-26(27,28)29)14-31-17-8-7-9-18(12-17)33-22(36)15-34(2)19-10-5-4-6-11-19/h4-12,14,31H,3,15-16H2,1-2H3,(H,32,37)(H,33,36). The molecule has 0 unspecified atom stereocenters. The van der Waals surface area contributed by atoms with Crippen molar-refractivity contribution in [3.05, 3.63) is 74.1 Å². The number of aromatic nitrogens is 1. The molecule has 39 heavy (non-hydrogen) atoms. The fourth-order valence-electron chi connectivity index (χ4n) is 3.48. The molecule has 2 amide bonds. The van der Waals surface area contributed by atoms with E-state index in [2.05, 4.69) is 10.6 Å². The zero-order valence-corrected chi connectivity index (χ0v) is 21.8. The monoisotopic (exact) mass is 558 g/mol. The SMILES string of the molecule is CCn1c(=C(C#N)C(=O)NCC(F)(F)F)sc(=CNc2cccc(NC(=O)CN(C)c3ccccc3)c2)c1=O. The Morgan fingerprint density at radius 2 is 1.82 bits per heavy atom. The van der Waals surface area contributed by atoms with E-state index in [0.29, 0.717) is 11.4 Å². The van der Waals surface area contributed by atoms with Crippen LogP contribution in [0.1, 0.15) is 6.92 Å². The number of likely N-dealkylation sites (N-methyl/N-ethyl adjacent to an activating group) is 1. The molecule has 3 aromatic rings. The number of nitrogens with one attached hydrogen (secondary N) is 3. The van der Waals surface area contributed by atoms with Crippen molar-refractivity contribution in [1.82, 2.24) is 9.88 Å². The summed E-state index contributed by atoms with van der Waals surface area (Å²) in [5.41, 5.74) is 0.830. The van der Waals surface area contributed by atoms with Gasteiger partial charge in [0.1, 0.15) is 21.8 Å². The number of rotatable bonds is 9. The van der Waals surface area contributed by atoms with Crippen LogP contribution in [0.3, 0.4) is 0 Å². The van der Waals surface area contributed by atoms with Gasteiger partial charge >= 0.3 is 6.18 Å². The van der Waals surface area contributed by atoms with Gasteiger partial charge in [0.05, 0.1) is 6.54 Å². The number of carbonyl (C=O) groups is 2. The summed E-state index contributed by atoms with van der Waals surface area (Å²) in [5.74, 6) is -1.46. The lowest BCUT2D eigenvalue weighted by Gasteiger charge is -2.18. The first-order valence-corrected chi connectivity index (χ1v) is 12.5. The highest BCUT2D eigenvalue weighted by Gasteiger charge is 2.28. The van der Waals surface area contributed by atoms with Crippen molar-refractivity contribution in [2.45, 2.75) is 19.6 Å². The molecule has 0 fully saturated rings. The molecule has 0 atom stereocenters. The largest absolute Gasteiger partial charge is 0.405 e. The van der Waals surface area contributed by atoms with Crippen LogP contribution in [0.2, 0.25) is 0 Å². The van der Waals surface area contributed by atoms with Crippen LogP contribution in [0.25, 0.3) is 11.8 Å². The number of carbonyl (C=O) groups excluding carboxylic acids is 2. The number of halogens is 3. The number of para-hydroxylation sites is 1. The summed E-state index contributed by atoms with van der Waals surface area (Å²) in [6, 6.07) is 17.8. The third-order valence-electron chi connectivity index (χ3n) is 5.32. The van der Waals surface area contributed by atoms with E-state index in [-0.39, 0.29) is 28.2 Å². The molecule has 3 rings (SSSR count). The van der Waals surface area contributed by atoms with E-state index >= 15 is 0 Å². The number of alkyl halides is 3. The van der Waals surface area contributed by atoms with Crippen molar-refractivity contribution in [3.63, 3.8) is 0 Å². The Balaban J connectivity index is 1.80. The van der Waals surface area contributed by atoms with Gasteiger partial charge in [0.2, 0.25) is 5.91 Å². The number of thiazole rings is 1. The second-order valence-corrected chi connectivity index (χ2v) is 9.25. The Morgan fingerprint density at radius 1 is 1.13 bits per heavy atom. The van der Waals surface area contributed by atoms with Gasteiger partial charge in [-0.2, -0.15) is 18.4 Å². The number of amides is 2. The van der Waals surface area contributed by atoms with Crippen molar-refractivity contribution < 1.29 is 22.8 Å². The summed E-state index contributed by atoms with van der Waals surface area (Å²) in [7, 11) is 1.80. The number of benzene rings is 2. The van der Waals surface area contributed by atoms with E-state index < -0.39 is 29.8 Å². The van der Waals surface area contributed by atoms with Crippen LogP contribution < -0.4 is 35.6 Å². The van der Waals surface area contributed by atoms with Crippen molar-refractivity contribution in [2.75, 3.05) is 35.7 Å². The number of anilines is 3. The van der Waals surface area contributed by atoms with Crippen LogP contribution in [-0.4, -0.2) is 42.7 Å². The van der Waals surface area contributed by atoms with Crippen LogP contribution in [0.5, 0.6) is 0 Å². The zero-order chi connectivity index (χ0) is 28.6. The molecule has 0 radical (unpaired) electrons. The molecule has 0 aliphatic carbocycles. The zero-order valence-electron chi connectivity index (χ0n) is 21.0. The smallest absolute Gasteiger partial charge is 0.365 e. The summed E-state index contributed by atoms with van der Waals surface area (Å²) in [6.07, 6.45) is -3.28. The highest BCUT2D eigenvalue weighted by molar-refractivity contribution is 7.07. The summed E-state index contributed by atoms with van der Waals surface area (Å²) in [4.78, 5) is 39.4. The third kappa shape index (κ3) is 7.96. The number of hydrogen-bond donors (Lipinski definition) is 3. The first-order valence-electron chi connectivity index (χ1n) is 11.6. The average Bonchev–Trinajstić information content (AvgIpc) is 3.21. The molecule has 0 bridgehead atoms. The number of nitrogens with zero attached hydrogens (tertiary/aromatic N) is 3. The topological polar surface area (TPSA) is 119 Å². The maximum absolute atomic E-state index is 12.8. The summed E-state index contributed by atoms with van der Waals surface area (Å²) in [6.45, 7) is 0.222. The maximum atomic E-state index is 12.8. The highest BCUT2D eigenvalue weighted by atomic mass is 32.1. The summed E-state index contributed by atoms with van der Waals surface area (Å²) in [5, 5.41) is 16.8. The van der Waals surface area contributed by atoms with Crippen LogP contribution in [0.15, 0.2) is 59.4 Å². The quantitative estimate of drug-likeness (QED) is 0.371. The van der Waals surface area contributed by atoms with E-state index in [1.165, 1.54) is 6.20 Å². The van der Waals surface area contributed by atoms with E-state index in [0.717, 1.165) is 21.6 Å². The Hall–Kier alpha value is -4.57. The van der Waals surface area contributed by atoms with E-state index in [9.17, 15) is 32.8 Å². The van der Waals surface area contributed by atoms with Gasteiger partial charge < -0.3 is 20.9 Å². The Kier molecular flexibility index (Phi) is 9.51. The Morgan fingerprint density at radius 3 is 2.46 bits per heavy atom. The summed E-state index contributed by atoms with van der Waals surface area (Å²) < 4.78 is 38.7. The minimum Gasteiger partial charge on any atom is -0.365 e. The summed E-state index contributed by atoms with van der Waals surface area (Å²) >= 11 is 0.799. The fraction of sp³-hybridized carbons (Fsp3) is 0.231. The molecule has 0 saturated carbocycles. The first-order chi connectivity index (χ1) is 18.5. The predicted octanol–water partition coefficient (Wildman–Crippen LogP) is 2.21. The maximum Gasteiger partial charge on any atom is 0.405 e. The van der Waals surface area contributed by atoms with Gasteiger partial charge in [-0.1, -0.05) is 24.3 Å². The molecular formula is C26H25F3N6O3S. The molecule has 0 aliphatic heterocycles. The molecular weight excluding hydrogens is 533 g/mol. The van der Waals surface area contributed by atoms with Gasteiger partial charge in [-0.05, 0) is 37.3 Å². The van der Waals surface area contributed by atoms with Crippen LogP contribution in [0.4, 0.5) is 30.2 Å². The predicted molar refractivity (Wildman–Crippen MR) is 144 cm³/mol. The highest BCUT2D eigenvalue weighted by Crippen LogP contribution is 2.16. The molecule has 13 heteroatoms. The molecule has 0 saturated heterocycles. The molecule has 0 spiro atoms. The van der Waals surface area contributed by atoms with Crippen molar-refractivity contribution in [2.24, 2.45) is 0 Å². The lowest BCUT2D eigenvalue weighted by molar-refractivity contribution is -0.135. The second kappa shape index (κ2) is 12.8. The van der Waals surface area contributed by atoms with Crippen molar-refractivity contribution in [1.29, 1.82) is 5.26 Å². The molecule has 1 heterocycles. The Labute approximate surface area is 225 Å². The van der Waals surface area contributed by atoms with Gasteiger partial charge in [-0.3, -0.25) is 19.0 Å². The van der Waals surface area contributed by atoms with E-state index in [4.69, 9.17) is 0 Å². The number of nitriles is 1. The van der Waals surface area contributed by atoms with E-state index in [1.807, 2.05) is 30.3 Å². The van der Waals surface area contributed by atoms with Gasteiger partial charge in [-0.25, -0.2) is 0 Å². The molecule has 204 valence electrons. The minimum atomic E-state index is -4.65. The minimum absolute atomic E-state index is 0.0544. The van der Waals surface area contributed by atoms with Gasteiger partial charge in [0.15, 0.2) is 5.57 Å².